The van der Waals surface area contributed by atoms with Crippen LogP contribution >= 0.6 is 0 Å². The second kappa shape index (κ2) is 7.31. The normalized spacial score (nSPS) is 19.1. The van der Waals surface area contributed by atoms with Gasteiger partial charge in [-0.25, -0.2) is 10.6 Å². The minimum Gasteiger partial charge on any atom is -0.486 e. The smallest absolute Gasteiger partial charge is 0.410 e. The van der Waals surface area contributed by atoms with Gasteiger partial charge in [-0.3, -0.25) is 4.79 Å². The number of ketones is 1. The third-order valence-corrected chi connectivity index (χ3v) is 4.95. The number of nitrogens with one attached hydrogen (secondary N) is 1. The van der Waals surface area contributed by atoms with E-state index >= 15 is 0 Å². The Bertz CT molecular complexity index is 807. The lowest BCUT2D eigenvalue weighted by Gasteiger charge is -2.44. The number of carbonyl (C=O) groups excluding carboxylic acids is 2. The lowest BCUT2D eigenvalue weighted by molar-refractivity contribution is -0.0226. The largest absolute Gasteiger partial charge is 0.486 e. The van der Waals surface area contributed by atoms with Crippen molar-refractivity contribution in [2.45, 2.75) is 51.2 Å². The summed E-state index contributed by atoms with van der Waals surface area (Å²) in [7, 11) is 0. The molecule has 1 amide bonds. The van der Waals surface area contributed by atoms with Crippen LogP contribution in [0.4, 0.5) is 4.79 Å². The van der Waals surface area contributed by atoms with Crippen LogP contribution in [-0.2, 0) is 4.74 Å². The van der Waals surface area contributed by atoms with Gasteiger partial charge in [0.1, 0.15) is 17.0 Å². The number of hydrogen-bond donors (Lipinski definition) is 3. The van der Waals surface area contributed by atoms with Crippen molar-refractivity contribution in [3.8, 4) is 5.75 Å². The maximum atomic E-state index is 12.8. The van der Waals surface area contributed by atoms with Crippen LogP contribution in [0.5, 0.6) is 5.75 Å². The Hall–Kier alpha value is -2.81. The van der Waals surface area contributed by atoms with E-state index in [1.807, 2.05) is 20.8 Å². The number of hydrogen-bond acceptors (Lipinski definition) is 7. The number of piperidine rings is 1. The number of carbonyl (C=O) groups is 2. The van der Waals surface area contributed by atoms with Crippen molar-refractivity contribution in [1.29, 1.82) is 0 Å². The quantitative estimate of drug-likeness (QED) is 0.287. The number of nitrogens with zero attached hydrogens (tertiary/aromatic N) is 2. The minimum absolute atomic E-state index is 0.0118. The molecule has 2 aliphatic rings. The highest BCUT2D eigenvalue weighted by Gasteiger charge is 2.44. The number of rotatable bonds is 1. The first-order valence-corrected chi connectivity index (χ1v) is 9.25. The van der Waals surface area contributed by atoms with Crippen molar-refractivity contribution in [2.75, 3.05) is 13.1 Å². The van der Waals surface area contributed by atoms with E-state index in [-0.39, 0.29) is 24.1 Å². The van der Waals surface area contributed by atoms with E-state index in [1.54, 1.807) is 23.1 Å². The molecule has 0 atom stereocenters. The maximum Gasteiger partial charge on any atom is 0.410 e. The summed E-state index contributed by atoms with van der Waals surface area (Å²) in [6.07, 6.45) is 1.06. The van der Waals surface area contributed by atoms with Gasteiger partial charge in [-0.2, -0.15) is 5.10 Å². The molecule has 0 unspecified atom stereocenters. The molecule has 0 aromatic heterocycles. The minimum atomic E-state index is -0.596. The van der Waals surface area contributed by atoms with Gasteiger partial charge in [-0.15, -0.1) is 0 Å². The number of likely N-dealkylation sites (tertiary alicyclic amines) is 1. The number of hydrazone groups is 1. The van der Waals surface area contributed by atoms with Crippen molar-refractivity contribution >= 4 is 17.7 Å². The summed E-state index contributed by atoms with van der Waals surface area (Å²) in [5, 5.41) is 3.56. The molecule has 28 heavy (non-hydrogen) atoms. The van der Waals surface area contributed by atoms with Crippen molar-refractivity contribution in [3.63, 3.8) is 0 Å². The Morgan fingerprint density at radius 2 is 2.00 bits per heavy atom. The molecule has 1 saturated heterocycles. The average molecular weight is 389 g/mol. The van der Waals surface area contributed by atoms with Crippen LogP contribution in [-0.4, -0.2) is 46.9 Å². The van der Waals surface area contributed by atoms with Crippen LogP contribution in [0.15, 0.2) is 23.3 Å². The van der Waals surface area contributed by atoms with Crippen molar-refractivity contribution in [1.82, 2.24) is 10.3 Å². The third kappa shape index (κ3) is 4.04. The maximum absolute atomic E-state index is 12.8. The van der Waals surface area contributed by atoms with Crippen LogP contribution in [0, 0.1) is 0 Å². The second-order valence-corrected chi connectivity index (χ2v) is 8.19. The summed E-state index contributed by atoms with van der Waals surface area (Å²) in [4.78, 5) is 26.7. The molecular weight excluding hydrogens is 362 g/mol. The topological polar surface area (TPSA) is 132 Å². The predicted molar refractivity (Wildman–Crippen MR) is 104 cm³/mol. The monoisotopic (exact) mass is 389 g/mol. The van der Waals surface area contributed by atoms with Crippen molar-refractivity contribution in [2.24, 2.45) is 16.8 Å². The summed E-state index contributed by atoms with van der Waals surface area (Å²) in [6, 6.07) is 5.14. The molecule has 1 spiro atoms. The number of Topliss-reactive ketones (excluding diaryl/α,β-unsaturated/α-hetero) is 1. The molecule has 3 rings (SSSR count). The van der Waals surface area contributed by atoms with Gasteiger partial charge in [0.05, 0.1) is 12.0 Å². The number of amides is 1. The number of ether oxygens (including phenoxy) is 2. The van der Waals surface area contributed by atoms with Gasteiger partial charge in [-0.1, -0.05) is 0 Å². The molecule has 1 aromatic rings. The Balaban J connectivity index is 1.73. The zero-order valence-corrected chi connectivity index (χ0v) is 16.4. The Morgan fingerprint density at radius 1 is 1.32 bits per heavy atom. The van der Waals surface area contributed by atoms with Crippen LogP contribution in [0.1, 0.15) is 56.0 Å². The van der Waals surface area contributed by atoms with E-state index in [0.29, 0.717) is 42.8 Å². The van der Waals surface area contributed by atoms with Crippen LogP contribution < -0.4 is 21.8 Å². The Morgan fingerprint density at radius 3 is 2.57 bits per heavy atom. The zero-order valence-electron chi connectivity index (χ0n) is 16.4. The number of benzene rings is 1. The molecule has 9 heteroatoms. The van der Waals surface area contributed by atoms with Gasteiger partial charge in [0.25, 0.3) is 0 Å². The predicted octanol–water partition coefficient (Wildman–Crippen LogP) is 1.51. The summed E-state index contributed by atoms with van der Waals surface area (Å²) >= 11 is 0. The van der Waals surface area contributed by atoms with E-state index in [1.165, 1.54) is 0 Å². The summed E-state index contributed by atoms with van der Waals surface area (Å²) < 4.78 is 11.7. The molecule has 0 saturated carbocycles. The highest BCUT2D eigenvalue weighted by atomic mass is 16.6. The van der Waals surface area contributed by atoms with E-state index < -0.39 is 11.2 Å². The number of amidine groups is 1. The molecule has 0 bridgehead atoms. The zero-order chi connectivity index (χ0) is 20.5. The highest BCUT2D eigenvalue weighted by molar-refractivity contribution is 6.05. The van der Waals surface area contributed by atoms with Gasteiger partial charge in [0.15, 0.2) is 11.6 Å². The summed E-state index contributed by atoms with van der Waals surface area (Å²) in [5.41, 5.74) is 2.36. The molecule has 1 aromatic carbocycles. The van der Waals surface area contributed by atoms with E-state index in [0.717, 1.165) is 0 Å². The van der Waals surface area contributed by atoms with Gasteiger partial charge >= 0.3 is 6.09 Å². The molecular formula is C19H27N5O4. The molecule has 0 radical (unpaired) electrons. The molecule has 5 N–H and O–H groups in total. The molecule has 152 valence electrons. The molecule has 9 nitrogen and oxygen atoms in total. The number of nitrogens with two attached hydrogens (primary N) is 2. The van der Waals surface area contributed by atoms with Crippen LogP contribution in [0.3, 0.4) is 0 Å². The first-order chi connectivity index (χ1) is 13.2. The van der Waals surface area contributed by atoms with Gasteiger partial charge in [0.2, 0.25) is 0 Å². The summed E-state index contributed by atoms with van der Waals surface area (Å²) in [6.45, 7) is 6.48. The molecule has 0 aliphatic carbocycles. The fraction of sp³-hybridized carbons (Fsp3) is 0.526. The second-order valence-electron chi connectivity index (χ2n) is 8.19. The van der Waals surface area contributed by atoms with E-state index in [2.05, 4.69) is 10.5 Å². The fourth-order valence-electron chi connectivity index (χ4n) is 3.54. The SMILES string of the molecule is CC(C)(C)OC(=O)N1CCC2(CC1)CC(=O)c1cc(/C(=N/N)NN)ccc1O2. The van der Waals surface area contributed by atoms with E-state index in [9.17, 15) is 9.59 Å². The first kappa shape index (κ1) is 19.9. The third-order valence-electron chi connectivity index (χ3n) is 4.95. The van der Waals surface area contributed by atoms with Crippen molar-refractivity contribution in [3.05, 3.63) is 29.3 Å². The Labute approximate surface area is 164 Å². The van der Waals surface area contributed by atoms with Gasteiger partial charge < -0.3 is 25.6 Å². The highest BCUT2D eigenvalue weighted by Crippen LogP contribution is 2.39. The van der Waals surface area contributed by atoms with Crippen molar-refractivity contribution < 1.29 is 19.1 Å². The molecule has 2 heterocycles. The lowest BCUT2D eigenvalue weighted by atomic mass is 9.82. The average Bonchev–Trinajstić information content (AvgIpc) is 2.62. The first-order valence-electron chi connectivity index (χ1n) is 9.25. The molecule has 2 aliphatic heterocycles. The van der Waals surface area contributed by atoms with Crippen LogP contribution in [0.25, 0.3) is 0 Å². The standard InChI is InChI=1S/C19H27N5O4/c1-18(2,3)28-17(26)24-8-6-19(7-9-24)11-14(25)13-10-12(16(22-20)23-21)4-5-15(13)27-19/h4-5,10H,6-9,11,20-21H2,1-3H3,(H,22,23). The molecule has 1 fully saturated rings. The lowest BCUT2D eigenvalue weighted by Crippen LogP contribution is -2.53. The Kier molecular flexibility index (Phi) is 5.20. The fourth-order valence-corrected chi connectivity index (χ4v) is 3.54. The van der Waals surface area contributed by atoms with Crippen LogP contribution in [0.2, 0.25) is 0 Å². The summed E-state index contributed by atoms with van der Waals surface area (Å²) in [5.74, 6) is 11.5. The van der Waals surface area contributed by atoms with Gasteiger partial charge in [0, 0.05) is 31.5 Å². The number of fused-ring (bicyclic) bond motifs is 1. The number of hydrazine groups is 1. The van der Waals surface area contributed by atoms with Gasteiger partial charge in [-0.05, 0) is 39.0 Å². The van der Waals surface area contributed by atoms with E-state index in [4.69, 9.17) is 21.2 Å².